The van der Waals surface area contributed by atoms with Crippen LogP contribution in [0.5, 0.6) is 0 Å². The second-order valence-corrected chi connectivity index (χ2v) is 4.30. The van der Waals surface area contributed by atoms with Crippen LogP contribution in [0.2, 0.25) is 0 Å². The quantitative estimate of drug-likeness (QED) is 0.900. The summed E-state index contributed by atoms with van der Waals surface area (Å²) in [4.78, 5) is 22.2. The smallest absolute Gasteiger partial charge is 0.251 e. The number of carbonyl (C=O) groups is 1. The summed E-state index contributed by atoms with van der Waals surface area (Å²) in [5, 5.41) is 2.83. The Morgan fingerprint density at radius 2 is 2.05 bits per heavy atom. The first kappa shape index (κ1) is 13.0. The Balaban J connectivity index is 2.02. The molecule has 1 amide bonds. The first-order valence-corrected chi connectivity index (χ1v) is 5.98. The van der Waals surface area contributed by atoms with Crippen LogP contribution in [-0.2, 0) is 6.54 Å². The Kier molecular flexibility index (Phi) is 4.07. The first-order valence-electron chi connectivity index (χ1n) is 5.98. The number of hydrogen-bond acceptors (Lipinski definition) is 4. The lowest BCUT2D eigenvalue weighted by atomic mass is 10.2. The second-order valence-electron chi connectivity index (χ2n) is 4.30. The van der Waals surface area contributed by atoms with Crippen molar-refractivity contribution in [1.82, 2.24) is 15.3 Å². The molecule has 0 radical (unpaired) electrons. The van der Waals surface area contributed by atoms with E-state index >= 15 is 0 Å². The average Bonchev–Trinajstić information content (AvgIpc) is 2.46. The predicted octanol–water partition coefficient (Wildman–Crippen LogP) is 1.47. The lowest BCUT2D eigenvalue weighted by Gasteiger charge is -2.12. The van der Waals surface area contributed by atoms with E-state index in [-0.39, 0.29) is 5.91 Å². The largest absolute Gasteiger partial charge is 0.363 e. The number of anilines is 1. The number of pyridine rings is 2. The molecule has 2 heterocycles. The molecule has 19 heavy (non-hydrogen) atoms. The zero-order chi connectivity index (χ0) is 13.7. The highest BCUT2D eigenvalue weighted by atomic mass is 16.1. The Hall–Kier alpha value is -2.43. The van der Waals surface area contributed by atoms with Gasteiger partial charge in [0.25, 0.3) is 5.91 Å². The third kappa shape index (κ3) is 3.51. The fourth-order valence-electron chi connectivity index (χ4n) is 1.58. The van der Waals surface area contributed by atoms with Gasteiger partial charge in [0.15, 0.2) is 0 Å². The number of carbonyl (C=O) groups excluding carboxylic acids is 1. The fourth-order valence-corrected chi connectivity index (χ4v) is 1.58. The van der Waals surface area contributed by atoms with Gasteiger partial charge < -0.3 is 10.2 Å². The Morgan fingerprint density at radius 3 is 2.74 bits per heavy atom. The summed E-state index contributed by atoms with van der Waals surface area (Å²) in [7, 11) is 3.77. The highest BCUT2D eigenvalue weighted by Crippen LogP contribution is 2.09. The monoisotopic (exact) mass is 256 g/mol. The van der Waals surface area contributed by atoms with Gasteiger partial charge in [0, 0.05) is 32.1 Å². The number of aromatic nitrogens is 2. The second kappa shape index (κ2) is 5.95. The average molecular weight is 256 g/mol. The number of nitrogens with zero attached hydrogens (tertiary/aromatic N) is 3. The van der Waals surface area contributed by atoms with Crippen LogP contribution in [0.3, 0.4) is 0 Å². The predicted molar refractivity (Wildman–Crippen MR) is 74.0 cm³/mol. The van der Waals surface area contributed by atoms with Gasteiger partial charge in [-0.2, -0.15) is 0 Å². The molecule has 0 aliphatic carbocycles. The molecule has 0 unspecified atom stereocenters. The summed E-state index contributed by atoms with van der Waals surface area (Å²) in [5.74, 6) is 0.627. The zero-order valence-corrected chi connectivity index (χ0v) is 11.0. The highest BCUT2D eigenvalue weighted by Gasteiger charge is 2.07. The van der Waals surface area contributed by atoms with Crippen LogP contribution in [0.25, 0.3) is 0 Å². The molecule has 0 atom stereocenters. The summed E-state index contributed by atoms with van der Waals surface area (Å²) in [6, 6.07) is 9.06. The molecule has 98 valence electrons. The summed E-state index contributed by atoms with van der Waals surface area (Å²) in [5.41, 5.74) is 1.42. The molecule has 0 saturated heterocycles. The minimum Gasteiger partial charge on any atom is -0.363 e. The van der Waals surface area contributed by atoms with Crippen molar-refractivity contribution in [2.75, 3.05) is 19.0 Å². The minimum atomic E-state index is -0.129. The van der Waals surface area contributed by atoms with E-state index in [1.54, 1.807) is 24.5 Å². The van der Waals surface area contributed by atoms with E-state index in [1.807, 2.05) is 37.2 Å². The van der Waals surface area contributed by atoms with Crippen LogP contribution in [0.4, 0.5) is 5.82 Å². The van der Waals surface area contributed by atoms with Crippen molar-refractivity contribution in [3.63, 3.8) is 0 Å². The van der Waals surface area contributed by atoms with Crippen LogP contribution >= 0.6 is 0 Å². The molecule has 0 aliphatic rings. The van der Waals surface area contributed by atoms with Gasteiger partial charge >= 0.3 is 0 Å². The third-order valence-electron chi connectivity index (χ3n) is 2.62. The molecule has 2 aromatic rings. The maximum Gasteiger partial charge on any atom is 0.251 e. The molecule has 5 heteroatoms. The molecule has 0 spiro atoms. The molecule has 0 fully saturated rings. The summed E-state index contributed by atoms with van der Waals surface area (Å²) in [6.07, 6.45) is 3.34. The van der Waals surface area contributed by atoms with Gasteiger partial charge in [-0.05, 0) is 24.3 Å². The number of hydrogen-bond donors (Lipinski definition) is 1. The third-order valence-corrected chi connectivity index (χ3v) is 2.62. The lowest BCUT2D eigenvalue weighted by molar-refractivity contribution is 0.0950. The van der Waals surface area contributed by atoms with Crippen molar-refractivity contribution in [3.8, 4) is 0 Å². The first-order chi connectivity index (χ1) is 9.16. The van der Waals surface area contributed by atoms with Gasteiger partial charge in [-0.25, -0.2) is 4.98 Å². The van der Waals surface area contributed by atoms with Crippen LogP contribution in [-0.4, -0.2) is 30.0 Å². The van der Waals surface area contributed by atoms with E-state index in [1.165, 1.54) is 0 Å². The lowest BCUT2D eigenvalue weighted by Crippen LogP contribution is -2.23. The Labute approximate surface area is 112 Å². The molecular formula is C14H16N4O. The maximum atomic E-state index is 12.0. The van der Waals surface area contributed by atoms with Crippen LogP contribution in [0, 0.1) is 0 Å². The van der Waals surface area contributed by atoms with Crippen LogP contribution in [0.1, 0.15) is 16.1 Å². The van der Waals surface area contributed by atoms with Crippen molar-refractivity contribution in [1.29, 1.82) is 0 Å². The van der Waals surface area contributed by atoms with Crippen molar-refractivity contribution >= 4 is 11.7 Å². The van der Waals surface area contributed by atoms with E-state index in [9.17, 15) is 4.79 Å². The Morgan fingerprint density at radius 1 is 1.21 bits per heavy atom. The van der Waals surface area contributed by atoms with E-state index < -0.39 is 0 Å². The van der Waals surface area contributed by atoms with Crippen LogP contribution in [0.15, 0.2) is 42.7 Å². The standard InChI is InChI=1S/C14H16N4O/c1-18(2)13-9-11(6-8-16-13)14(19)17-10-12-5-3-4-7-15-12/h3-9H,10H2,1-2H3,(H,17,19). The number of nitrogens with one attached hydrogen (secondary N) is 1. The van der Waals surface area contributed by atoms with Crippen molar-refractivity contribution in [2.45, 2.75) is 6.54 Å². The van der Waals surface area contributed by atoms with Crippen molar-refractivity contribution in [2.24, 2.45) is 0 Å². The molecule has 0 aliphatic heterocycles. The van der Waals surface area contributed by atoms with Gasteiger partial charge in [-0.3, -0.25) is 9.78 Å². The van der Waals surface area contributed by atoms with E-state index in [0.29, 0.717) is 12.1 Å². The topological polar surface area (TPSA) is 58.1 Å². The van der Waals surface area contributed by atoms with E-state index in [4.69, 9.17) is 0 Å². The number of rotatable bonds is 4. The summed E-state index contributed by atoms with van der Waals surface area (Å²) in [6.45, 7) is 0.416. The number of amides is 1. The molecule has 5 nitrogen and oxygen atoms in total. The molecule has 0 bridgehead atoms. The van der Waals surface area contributed by atoms with Gasteiger partial charge in [-0.15, -0.1) is 0 Å². The normalized spacial score (nSPS) is 10.0. The van der Waals surface area contributed by atoms with Gasteiger partial charge in [0.05, 0.1) is 12.2 Å². The Bertz CT molecular complexity index is 554. The summed E-state index contributed by atoms with van der Waals surface area (Å²) >= 11 is 0. The molecule has 0 aromatic carbocycles. The zero-order valence-electron chi connectivity index (χ0n) is 11.0. The highest BCUT2D eigenvalue weighted by molar-refractivity contribution is 5.94. The van der Waals surface area contributed by atoms with Crippen LogP contribution < -0.4 is 10.2 Å². The van der Waals surface area contributed by atoms with Gasteiger partial charge in [0.1, 0.15) is 5.82 Å². The maximum absolute atomic E-state index is 12.0. The van der Waals surface area contributed by atoms with E-state index in [2.05, 4.69) is 15.3 Å². The van der Waals surface area contributed by atoms with Gasteiger partial charge in [-0.1, -0.05) is 6.07 Å². The fraction of sp³-hybridized carbons (Fsp3) is 0.214. The molecular weight excluding hydrogens is 240 g/mol. The molecule has 2 rings (SSSR count). The van der Waals surface area contributed by atoms with Crippen molar-refractivity contribution < 1.29 is 4.79 Å². The minimum absolute atomic E-state index is 0.129. The van der Waals surface area contributed by atoms with E-state index in [0.717, 1.165) is 11.5 Å². The summed E-state index contributed by atoms with van der Waals surface area (Å²) < 4.78 is 0. The molecule has 2 aromatic heterocycles. The molecule has 1 N–H and O–H groups in total. The van der Waals surface area contributed by atoms with Gasteiger partial charge in [0.2, 0.25) is 0 Å². The SMILES string of the molecule is CN(C)c1cc(C(=O)NCc2ccccn2)ccn1. The molecule has 0 saturated carbocycles. The van der Waals surface area contributed by atoms with Crippen molar-refractivity contribution in [3.05, 3.63) is 54.0 Å².